The predicted octanol–water partition coefficient (Wildman–Crippen LogP) is 2.45. The minimum absolute atomic E-state index is 0.278. The molecule has 1 fully saturated rings. The van der Waals surface area contributed by atoms with Crippen LogP contribution in [0.2, 0.25) is 0 Å². The van der Waals surface area contributed by atoms with E-state index in [0.717, 1.165) is 16.7 Å². The first-order valence-electron chi connectivity index (χ1n) is 9.82. The third kappa shape index (κ3) is 5.73. The van der Waals surface area contributed by atoms with Crippen LogP contribution in [0.1, 0.15) is 26.3 Å². The Kier molecular flexibility index (Phi) is 6.10. The van der Waals surface area contributed by atoms with E-state index in [0.29, 0.717) is 38.7 Å². The van der Waals surface area contributed by atoms with E-state index in [1.54, 1.807) is 9.58 Å². The fourth-order valence-corrected chi connectivity index (χ4v) is 3.14. The zero-order valence-corrected chi connectivity index (χ0v) is 17.6. The van der Waals surface area contributed by atoms with Gasteiger partial charge < -0.3 is 20.3 Å². The van der Waals surface area contributed by atoms with Gasteiger partial charge in [0.25, 0.3) is 0 Å². The molecule has 0 atom stereocenters. The minimum atomic E-state index is -0.487. The highest BCUT2D eigenvalue weighted by Crippen LogP contribution is 2.20. The molecular formula is C21H30N6O2. The van der Waals surface area contributed by atoms with Crippen LogP contribution in [0.25, 0.3) is 11.1 Å². The van der Waals surface area contributed by atoms with Crippen molar-refractivity contribution in [1.82, 2.24) is 19.6 Å². The normalized spacial score (nSPS) is 15.5. The molecule has 156 valence electrons. The minimum Gasteiger partial charge on any atom is -0.444 e. The summed E-state index contributed by atoms with van der Waals surface area (Å²) in [6, 6.07) is 8.22. The summed E-state index contributed by atoms with van der Waals surface area (Å²) in [7, 11) is 1.90. The third-order valence-corrected chi connectivity index (χ3v) is 4.64. The van der Waals surface area contributed by atoms with Gasteiger partial charge in [-0.3, -0.25) is 4.68 Å². The number of hydrogen-bond acceptors (Lipinski definition) is 4. The molecule has 2 aromatic rings. The highest BCUT2D eigenvalue weighted by molar-refractivity contribution is 5.78. The lowest BCUT2D eigenvalue weighted by molar-refractivity contribution is 0.0186. The average molecular weight is 399 g/mol. The smallest absolute Gasteiger partial charge is 0.410 e. The number of aryl methyl sites for hydroxylation is 1. The molecule has 0 bridgehead atoms. The van der Waals surface area contributed by atoms with Crippen molar-refractivity contribution < 1.29 is 9.53 Å². The number of rotatable bonds is 3. The van der Waals surface area contributed by atoms with Crippen LogP contribution in [-0.2, 0) is 18.3 Å². The van der Waals surface area contributed by atoms with Crippen molar-refractivity contribution in [3.05, 3.63) is 42.2 Å². The summed E-state index contributed by atoms with van der Waals surface area (Å²) in [4.78, 5) is 20.4. The van der Waals surface area contributed by atoms with Crippen LogP contribution in [-0.4, -0.2) is 63.4 Å². The molecule has 8 heteroatoms. The average Bonchev–Trinajstić information content (AvgIpc) is 3.11. The molecule has 1 aromatic carbocycles. The van der Waals surface area contributed by atoms with Gasteiger partial charge in [0.1, 0.15) is 5.60 Å². The van der Waals surface area contributed by atoms with Gasteiger partial charge in [0.15, 0.2) is 5.96 Å². The van der Waals surface area contributed by atoms with Gasteiger partial charge in [0.05, 0.1) is 12.7 Å². The lowest BCUT2D eigenvalue weighted by Crippen LogP contribution is -2.53. The van der Waals surface area contributed by atoms with Gasteiger partial charge in [0, 0.05) is 45.0 Å². The number of carbonyl (C=O) groups excluding carboxylic acids is 1. The van der Waals surface area contributed by atoms with E-state index < -0.39 is 5.60 Å². The lowest BCUT2D eigenvalue weighted by atomic mass is 10.1. The summed E-state index contributed by atoms with van der Waals surface area (Å²) in [5.74, 6) is 0.501. The Morgan fingerprint density at radius 2 is 1.86 bits per heavy atom. The van der Waals surface area contributed by atoms with Crippen LogP contribution >= 0.6 is 0 Å². The number of amides is 1. The summed E-state index contributed by atoms with van der Waals surface area (Å²) in [6.07, 6.45) is 3.56. The SMILES string of the molecule is Cn1cc(-c2cccc(CN=C(N)N3CCN(C(=O)OC(C)(C)C)CC3)c2)cn1. The molecular weight excluding hydrogens is 368 g/mol. The number of nitrogens with zero attached hydrogens (tertiary/aromatic N) is 5. The maximum Gasteiger partial charge on any atom is 0.410 e. The van der Waals surface area contributed by atoms with Gasteiger partial charge in [-0.2, -0.15) is 5.10 Å². The molecule has 0 radical (unpaired) electrons. The molecule has 1 aliphatic rings. The first-order chi connectivity index (χ1) is 13.7. The molecule has 29 heavy (non-hydrogen) atoms. The number of aromatic nitrogens is 2. The van der Waals surface area contributed by atoms with Gasteiger partial charge in [0.2, 0.25) is 0 Å². The summed E-state index contributed by atoms with van der Waals surface area (Å²) >= 11 is 0. The Morgan fingerprint density at radius 1 is 1.17 bits per heavy atom. The zero-order valence-electron chi connectivity index (χ0n) is 17.6. The summed E-state index contributed by atoms with van der Waals surface area (Å²) < 4.78 is 7.22. The van der Waals surface area contributed by atoms with Gasteiger partial charge in [-0.25, -0.2) is 9.79 Å². The molecule has 0 unspecified atom stereocenters. The number of aliphatic imine (C=N–C) groups is 1. The number of guanidine groups is 1. The van der Waals surface area contributed by atoms with E-state index in [1.807, 2.05) is 57.2 Å². The number of hydrogen-bond donors (Lipinski definition) is 1. The number of benzene rings is 1. The second kappa shape index (κ2) is 8.55. The number of carbonyl (C=O) groups is 1. The van der Waals surface area contributed by atoms with Crippen molar-refractivity contribution in [2.45, 2.75) is 32.9 Å². The van der Waals surface area contributed by atoms with Crippen LogP contribution in [0, 0.1) is 0 Å². The molecule has 0 aliphatic carbocycles. The Balaban J connectivity index is 1.55. The van der Waals surface area contributed by atoms with Gasteiger partial charge in [-0.15, -0.1) is 0 Å². The van der Waals surface area contributed by atoms with E-state index >= 15 is 0 Å². The molecule has 2 heterocycles. The van der Waals surface area contributed by atoms with Crippen molar-refractivity contribution in [3.8, 4) is 11.1 Å². The topological polar surface area (TPSA) is 89.0 Å². The van der Waals surface area contributed by atoms with E-state index in [4.69, 9.17) is 10.5 Å². The van der Waals surface area contributed by atoms with E-state index in [9.17, 15) is 4.79 Å². The molecule has 1 aromatic heterocycles. The summed E-state index contributed by atoms with van der Waals surface area (Å²) in [5.41, 5.74) is 8.98. The van der Waals surface area contributed by atoms with E-state index in [1.165, 1.54) is 0 Å². The zero-order chi connectivity index (χ0) is 21.0. The lowest BCUT2D eigenvalue weighted by Gasteiger charge is -2.36. The highest BCUT2D eigenvalue weighted by atomic mass is 16.6. The molecule has 0 saturated carbocycles. The predicted molar refractivity (Wildman–Crippen MR) is 113 cm³/mol. The summed E-state index contributed by atoms with van der Waals surface area (Å²) in [5, 5.41) is 4.22. The van der Waals surface area contributed by atoms with E-state index in [2.05, 4.69) is 22.2 Å². The van der Waals surface area contributed by atoms with Crippen molar-refractivity contribution in [2.75, 3.05) is 26.2 Å². The largest absolute Gasteiger partial charge is 0.444 e. The Morgan fingerprint density at radius 3 is 2.48 bits per heavy atom. The third-order valence-electron chi connectivity index (χ3n) is 4.64. The molecule has 8 nitrogen and oxygen atoms in total. The fourth-order valence-electron chi connectivity index (χ4n) is 3.14. The monoisotopic (exact) mass is 398 g/mol. The Hall–Kier alpha value is -3.03. The van der Waals surface area contributed by atoms with Crippen LogP contribution in [0.3, 0.4) is 0 Å². The summed E-state index contributed by atoms with van der Waals surface area (Å²) in [6.45, 7) is 8.55. The maximum atomic E-state index is 12.2. The fraction of sp³-hybridized carbons (Fsp3) is 0.476. The number of ether oxygens (including phenoxy) is 1. The van der Waals surface area contributed by atoms with Crippen LogP contribution in [0.4, 0.5) is 4.79 Å². The number of nitrogens with two attached hydrogens (primary N) is 1. The standard InChI is InChI=1S/C21H30N6O2/c1-21(2,3)29-20(28)27-10-8-26(9-11-27)19(22)23-13-16-6-5-7-17(12-16)18-14-24-25(4)15-18/h5-7,12,14-15H,8-11,13H2,1-4H3,(H2,22,23). The van der Waals surface area contributed by atoms with Crippen LogP contribution in [0.5, 0.6) is 0 Å². The second-order valence-corrected chi connectivity index (χ2v) is 8.23. The Labute approximate surface area is 171 Å². The van der Waals surface area contributed by atoms with Gasteiger partial charge >= 0.3 is 6.09 Å². The first kappa shape index (κ1) is 20.7. The van der Waals surface area contributed by atoms with Crippen molar-refractivity contribution >= 4 is 12.1 Å². The molecule has 3 rings (SSSR count). The van der Waals surface area contributed by atoms with Gasteiger partial charge in [-0.1, -0.05) is 18.2 Å². The van der Waals surface area contributed by atoms with Crippen molar-refractivity contribution in [1.29, 1.82) is 0 Å². The first-order valence-corrected chi connectivity index (χ1v) is 9.82. The Bertz CT molecular complexity index is 875. The van der Waals surface area contributed by atoms with Crippen molar-refractivity contribution in [3.63, 3.8) is 0 Å². The van der Waals surface area contributed by atoms with E-state index in [-0.39, 0.29) is 6.09 Å². The van der Waals surface area contributed by atoms with Crippen LogP contribution < -0.4 is 5.73 Å². The molecule has 1 aliphatic heterocycles. The van der Waals surface area contributed by atoms with Crippen LogP contribution in [0.15, 0.2) is 41.7 Å². The second-order valence-electron chi connectivity index (χ2n) is 8.23. The van der Waals surface area contributed by atoms with Crippen molar-refractivity contribution in [2.24, 2.45) is 17.8 Å². The van der Waals surface area contributed by atoms with Gasteiger partial charge in [-0.05, 0) is 38.0 Å². The molecule has 0 spiro atoms. The maximum absolute atomic E-state index is 12.2. The quantitative estimate of drug-likeness (QED) is 0.634. The number of piperazine rings is 1. The highest BCUT2D eigenvalue weighted by Gasteiger charge is 2.26. The molecule has 1 saturated heterocycles. The molecule has 2 N–H and O–H groups in total. The molecule has 1 amide bonds.